The lowest BCUT2D eigenvalue weighted by molar-refractivity contribution is 0.286. The number of anilines is 2. The molecule has 0 aromatic carbocycles. The summed E-state index contributed by atoms with van der Waals surface area (Å²) in [5, 5.41) is 14.9. The Bertz CT molecular complexity index is 322. The first kappa shape index (κ1) is 13.2. The van der Waals surface area contributed by atoms with Crippen molar-refractivity contribution in [2.45, 2.75) is 19.8 Å². The molecule has 0 unspecified atom stereocenters. The number of aliphatic hydroxyl groups excluding tert-OH is 1. The summed E-state index contributed by atoms with van der Waals surface area (Å²) >= 11 is 3.39. The molecule has 16 heavy (non-hydrogen) atoms. The first-order valence-electron chi connectivity index (χ1n) is 5.39. The zero-order chi connectivity index (χ0) is 11.8. The molecule has 0 saturated heterocycles. The summed E-state index contributed by atoms with van der Waals surface area (Å²) in [4.78, 5) is 8.44. The molecule has 1 rings (SSSR count). The van der Waals surface area contributed by atoms with Gasteiger partial charge in [0, 0.05) is 25.9 Å². The van der Waals surface area contributed by atoms with E-state index in [0.29, 0.717) is 5.95 Å². The van der Waals surface area contributed by atoms with E-state index < -0.39 is 0 Å². The van der Waals surface area contributed by atoms with Gasteiger partial charge in [0.2, 0.25) is 5.95 Å². The number of rotatable bonds is 7. The van der Waals surface area contributed by atoms with Crippen LogP contribution in [0, 0.1) is 0 Å². The lowest BCUT2D eigenvalue weighted by Gasteiger charge is -2.08. The predicted molar refractivity (Wildman–Crippen MR) is 68.7 cm³/mol. The molecular weight excluding hydrogens is 272 g/mol. The fourth-order valence-electron chi connectivity index (χ4n) is 1.18. The molecule has 0 atom stereocenters. The zero-order valence-electron chi connectivity index (χ0n) is 9.33. The maximum Gasteiger partial charge on any atom is 0.224 e. The second-order valence-corrected chi connectivity index (χ2v) is 4.13. The predicted octanol–water partition coefficient (Wildman–Crippen LogP) is 1.86. The summed E-state index contributed by atoms with van der Waals surface area (Å²) < 4.78 is 0.846. The van der Waals surface area contributed by atoms with Crippen LogP contribution < -0.4 is 10.6 Å². The lowest BCUT2D eigenvalue weighted by Crippen LogP contribution is -2.08. The third-order valence-electron chi connectivity index (χ3n) is 1.96. The van der Waals surface area contributed by atoms with E-state index in [1.807, 2.05) is 6.92 Å². The molecule has 3 N–H and O–H groups in total. The van der Waals surface area contributed by atoms with Crippen molar-refractivity contribution >= 4 is 27.7 Å². The van der Waals surface area contributed by atoms with Crippen molar-refractivity contribution in [3.05, 3.63) is 10.7 Å². The fraction of sp³-hybridized carbons (Fsp3) is 0.600. The van der Waals surface area contributed by atoms with Crippen LogP contribution in [0.2, 0.25) is 0 Å². The Morgan fingerprint density at radius 3 is 2.88 bits per heavy atom. The van der Waals surface area contributed by atoms with Crippen LogP contribution in [0.15, 0.2) is 10.7 Å². The highest BCUT2D eigenvalue weighted by atomic mass is 79.9. The van der Waals surface area contributed by atoms with Crippen LogP contribution >= 0.6 is 15.9 Å². The molecule has 0 saturated carbocycles. The number of unbranched alkanes of at least 4 members (excludes halogenated alkanes) is 1. The van der Waals surface area contributed by atoms with Gasteiger partial charge in [-0.1, -0.05) is 0 Å². The standard InChI is InChI=1S/C10H17BrN4O/c1-2-12-10-14-7-8(11)9(15-10)13-5-3-4-6-16/h7,16H,2-6H2,1H3,(H2,12,13,14,15). The molecular formula is C10H17BrN4O. The molecule has 0 radical (unpaired) electrons. The summed E-state index contributed by atoms with van der Waals surface area (Å²) in [6, 6.07) is 0. The van der Waals surface area contributed by atoms with Crippen molar-refractivity contribution in [2.75, 3.05) is 30.3 Å². The molecule has 0 aliphatic carbocycles. The molecule has 1 aromatic rings. The van der Waals surface area contributed by atoms with Crippen molar-refractivity contribution in [3.63, 3.8) is 0 Å². The van der Waals surface area contributed by atoms with Crippen molar-refractivity contribution in [1.82, 2.24) is 9.97 Å². The summed E-state index contributed by atoms with van der Waals surface area (Å²) in [5.74, 6) is 1.40. The van der Waals surface area contributed by atoms with Crippen molar-refractivity contribution in [3.8, 4) is 0 Å². The summed E-state index contributed by atoms with van der Waals surface area (Å²) in [6.07, 6.45) is 3.44. The van der Waals surface area contributed by atoms with E-state index in [-0.39, 0.29) is 6.61 Å². The molecule has 1 heterocycles. The summed E-state index contributed by atoms with van der Waals surface area (Å²) in [5.41, 5.74) is 0. The molecule has 0 bridgehead atoms. The van der Waals surface area contributed by atoms with Crippen LogP contribution in [0.3, 0.4) is 0 Å². The lowest BCUT2D eigenvalue weighted by atomic mass is 10.3. The normalized spacial score (nSPS) is 10.2. The van der Waals surface area contributed by atoms with Crippen molar-refractivity contribution in [1.29, 1.82) is 0 Å². The van der Waals surface area contributed by atoms with Gasteiger partial charge in [-0.15, -0.1) is 0 Å². The van der Waals surface area contributed by atoms with Gasteiger partial charge in [-0.2, -0.15) is 4.98 Å². The summed E-state index contributed by atoms with van der Waals surface area (Å²) in [6.45, 7) is 3.82. The van der Waals surface area contributed by atoms with Gasteiger partial charge in [0.15, 0.2) is 0 Å². The Hall–Kier alpha value is -0.880. The van der Waals surface area contributed by atoms with Crippen LogP contribution in [0.25, 0.3) is 0 Å². The number of halogens is 1. The first-order chi connectivity index (χ1) is 7.77. The van der Waals surface area contributed by atoms with Crippen molar-refractivity contribution < 1.29 is 5.11 Å². The molecule has 0 fully saturated rings. The average Bonchev–Trinajstić information content (AvgIpc) is 2.29. The second kappa shape index (κ2) is 7.40. The van der Waals surface area contributed by atoms with Gasteiger partial charge in [0.05, 0.1) is 4.47 Å². The molecule has 0 amide bonds. The highest BCUT2D eigenvalue weighted by Gasteiger charge is 2.03. The Balaban J connectivity index is 2.52. The number of nitrogens with zero attached hydrogens (tertiary/aromatic N) is 2. The maximum atomic E-state index is 8.66. The molecule has 90 valence electrons. The van der Waals surface area contributed by atoms with E-state index in [0.717, 1.165) is 36.2 Å². The van der Waals surface area contributed by atoms with Crippen LogP contribution in [-0.4, -0.2) is 34.8 Å². The van der Waals surface area contributed by atoms with Crippen LogP contribution in [0.4, 0.5) is 11.8 Å². The topological polar surface area (TPSA) is 70.1 Å². The Kier molecular flexibility index (Phi) is 6.10. The number of aromatic nitrogens is 2. The van der Waals surface area contributed by atoms with E-state index in [4.69, 9.17) is 5.11 Å². The van der Waals surface area contributed by atoms with E-state index in [9.17, 15) is 0 Å². The minimum atomic E-state index is 0.231. The second-order valence-electron chi connectivity index (χ2n) is 3.28. The smallest absolute Gasteiger partial charge is 0.224 e. The van der Waals surface area contributed by atoms with Gasteiger partial charge < -0.3 is 15.7 Å². The first-order valence-corrected chi connectivity index (χ1v) is 6.18. The third kappa shape index (κ3) is 4.32. The van der Waals surface area contributed by atoms with Gasteiger partial charge in [0.25, 0.3) is 0 Å². The molecule has 0 aliphatic heterocycles. The highest BCUT2D eigenvalue weighted by Crippen LogP contribution is 2.19. The van der Waals surface area contributed by atoms with Gasteiger partial charge in [-0.05, 0) is 35.7 Å². The molecule has 5 nitrogen and oxygen atoms in total. The maximum absolute atomic E-state index is 8.66. The van der Waals surface area contributed by atoms with Crippen LogP contribution in [0.1, 0.15) is 19.8 Å². The monoisotopic (exact) mass is 288 g/mol. The molecule has 6 heteroatoms. The quantitative estimate of drug-likeness (QED) is 0.668. The van der Waals surface area contributed by atoms with E-state index >= 15 is 0 Å². The van der Waals surface area contributed by atoms with E-state index in [2.05, 4.69) is 36.5 Å². The van der Waals surface area contributed by atoms with Gasteiger partial charge in [0.1, 0.15) is 5.82 Å². The Labute approximate surface area is 104 Å². The van der Waals surface area contributed by atoms with Gasteiger partial charge >= 0.3 is 0 Å². The zero-order valence-corrected chi connectivity index (χ0v) is 10.9. The van der Waals surface area contributed by atoms with Gasteiger partial charge in [-0.25, -0.2) is 4.98 Å². The van der Waals surface area contributed by atoms with Crippen LogP contribution in [-0.2, 0) is 0 Å². The summed E-state index contributed by atoms with van der Waals surface area (Å²) in [7, 11) is 0. The highest BCUT2D eigenvalue weighted by molar-refractivity contribution is 9.10. The largest absolute Gasteiger partial charge is 0.396 e. The fourth-order valence-corrected chi connectivity index (χ4v) is 1.51. The Morgan fingerprint density at radius 2 is 2.19 bits per heavy atom. The van der Waals surface area contributed by atoms with Gasteiger partial charge in [-0.3, -0.25) is 0 Å². The number of hydrogen-bond acceptors (Lipinski definition) is 5. The number of nitrogens with one attached hydrogen (secondary N) is 2. The van der Waals surface area contributed by atoms with Crippen molar-refractivity contribution in [2.24, 2.45) is 0 Å². The minimum absolute atomic E-state index is 0.231. The number of hydrogen-bond donors (Lipinski definition) is 3. The molecule has 0 spiro atoms. The third-order valence-corrected chi connectivity index (χ3v) is 2.54. The molecule has 0 aliphatic rings. The SMILES string of the molecule is CCNc1ncc(Br)c(NCCCCO)n1. The average molecular weight is 289 g/mol. The molecule has 1 aromatic heterocycles. The van der Waals surface area contributed by atoms with E-state index in [1.54, 1.807) is 6.20 Å². The minimum Gasteiger partial charge on any atom is -0.396 e. The Morgan fingerprint density at radius 1 is 1.38 bits per heavy atom. The van der Waals surface area contributed by atoms with E-state index in [1.165, 1.54) is 0 Å². The van der Waals surface area contributed by atoms with Crippen LogP contribution in [0.5, 0.6) is 0 Å². The number of aliphatic hydroxyl groups is 1.